The second-order valence-electron chi connectivity index (χ2n) is 7.04. The van der Waals surface area contributed by atoms with Crippen LogP contribution in [0.3, 0.4) is 0 Å². The average Bonchev–Trinajstić information content (AvgIpc) is 3.29. The van der Waals surface area contributed by atoms with Crippen molar-refractivity contribution in [1.29, 1.82) is 0 Å². The minimum atomic E-state index is -0.283. The highest BCUT2D eigenvalue weighted by molar-refractivity contribution is 7.07. The van der Waals surface area contributed by atoms with Crippen LogP contribution >= 0.6 is 11.3 Å². The molecule has 5 nitrogen and oxygen atoms in total. The zero-order valence-electron chi connectivity index (χ0n) is 15.7. The van der Waals surface area contributed by atoms with Crippen molar-refractivity contribution >= 4 is 28.8 Å². The van der Waals surface area contributed by atoms with Crippen molar-refractivity contribution in [2.45, 2.75) is 12.8 Å². The Labute approximate surface area is 172 Å². The molecule has 0 spiro atoms. The van der Waals surface area contributed by atoms with Gasteiger partial charge in [0.25, 0.3) is 5.91 Å². The summed E-state index contributed by atoms with van der Waals surface area (Å²) in [6, 6.07) is 13.7. The number of aromatic nitrogens is 1. The van der Waals surface area contributed by atoms with Crippen molar-refractivity contribution in [2.24, 2.45) is 5.92 Å². The molecule has 0 radical (unpaired) electrons. The molecule has 1 fully saturated rings. The maximum absolute atomic E-state index is 13.4. The van der Waals surface area contributed by atoms with E-state index >= 15 is 0 Å². The Balaban J connectivity index is 1.39. The maximum atomic E-state index is 13.4. The molecular formula is C22H20FN3O2S. The lowest BCUT2D eigenvalue weighted by Crippen LogP contribution is -2.43. The van der Waals surface area contributed by atoms with Crippen molar-refractivity contribution in [2.75, 3.05) is 18.4 Å². The van der Waals surface area contributed by atoms with Gasteiger partial charge in [0.2, 0.25) is 5.91 Å². The molecule has 7 heteroatoms. The first-order valence-electron chi connectivity index (χ1n) is 9.44. The monoisotopic (exact) mass is 409 g/mol. The number of hydrogen-bond acceptors (Lipinski definition) is 4. The predicted molar refractivity (Wildman–Crippen MR) is 111 cm³/mol. The highest BCUT2D eigenvalue weighted by Gasteiger charge is 2.29. The molecule has 2 aromatic carbocycles. The average molecular weight is 409 g/mol. The predicted octanol–water partition coefficient (Wildman–Crippen LogP) is 4.44. The van der Waals surface area contributed by atoms with Gasteiger partial charge in [0.05, 0.1) is 11.4 Å². The Kier molecular flexibility index (Phi) is 5.67. The number of anilines is 1. The summed E-state index contributed by atoms with van der Waals surface area (Å²) in [5.41, 5.74) is 4.41. The smallest absolute Gasteiger partial charge is 0.273 e. The SMILES string of the molecule is O=C(Nc1ccc(-c2cccc(F)c2)cc1)[C@@H]1CCCN(C(=O)c2cscn2)C1. The van der Waals surface area contributed by atoms with E-state index in [9.17, 15) is 14.0 Å². The van der Waals surface area contributed by atoms with Crippen molar-refractivity contribution in [3.8, 4) is 11.1 Å². The highest BCUT2D eigenvalue weighted by atomic mass is 32.1. The van der Waals surface area contributed by atoms with Crippen LogP contribution in [0.25, 0.3) is 11.1 Å². The number of hydrogen-bond donors (Lipinski definition) is 1. The van der Waals surface area contributed by atoms with Gasteiger partial charge in [0.15, 0.2) is 0 Å². The fourth-order valence-corrected chi connectivity index (χ4v) is 4.04. The molecule has 148 valence electrons. The van der Waals surface area contributed by atoms with Crippen molar-refractivity contribution in [1.82, 2.24) is 9.88 Å². The summed E-state index contributed by atoms with van der Waals surface area (Å²) < 4.78 is 13.4. The number of carbonyl (C=O) groups excluding carboxylic acids is 2. The van der Waals surface area contributed by atoms with Gasteiger partial charge in [-0.3, -0.25) is 9.59 Å². The van der Waals surface area contributed by atoms with Crippen LogP contribution in [0.4, 0.5) is 10.1 Å². The number of benzene rings is 2. The molecule has 1 aliphatic rings. The summed E-state index contributed by atoms with van der Waals surface area (Å²) in [6.07, 6.45) is 1.53. The minimum absolute atomic E-state index is 0.0979. The summed E-state index contributed by atoms with van der Waals surface area (Å²) in [4.78, 5) is 31.0. The fraction of sp³-hybridized carbons (Fsp3) is 0.227. The lowest BCUT2D eigenvalue weighted by atomic mass is 9.96. The molecular weight excluding hydrogens is 389 g/mol. The number of halogens is 1. The molecule has 1 N–H and O–H groups in total. The molecule has 2 amide bonds. The van der Waals surface area contributed by atoms with Gasteiger partial charge >= 0.3 is 0 Å². The van der Waals surface area contributed by atoms with E-state index in [2.05, 4.69) is 10.3 Å². The largest absolute Gasteiger partial charge is 0.336 e. The van der Waals surface area contributed by atoms with E-state index in [4.69, 9.17) is 0 Å². The molecule has 1 aliphatic heterocycles. The summed E-state index contributed by atoms with van der Waals surface area (Å²) in [6.45, 7) is 1.03. The van der Waals surface area contributed by atoms with Crippen LogP contribution in [0.5, 0.6) is 0 Å². The van der Waals surface area contributed by atoms with Crippen LogP contribution in [-0.2, 0) is 4.79 Å². The number of nitrogens with one attached hydrogen (secondary N) is 1. The number of amides is 2. The molecule has 1 atom stereocenters. The van der Waals surface area contributed by atoms with Gasteiger partial charge in [-0.05, 0) is 48.2 Å². The van der Waals surface area contributed by atoms with Gasteiger partial charge in [0.1, 0.15) is 11.5 Å². The molecule has 2 heterocycles. The molecule has 0 aliphatic carbocycles. The normalized spacial score (nSPS) is 16.4. The standard InChI is InChI=1S/C22H20FN3O2S/c23-18-5-1-3-16(11-18)15-6-8-19(9-7-15)25-21(27)17-4-2-10-26(12-17)22(28)20-13-29-14-24-20/h1,3,5-9,11,13-14,17H,2,4,10,12H2,(H,25,27)/t17-/m1/s1. The summed E-state index contributed by atoms with van der Waals surface area (Å²) in [5.74, 6) is -0.759. The second-order valence-corrected chi connectivity index (χ2v) is 7.76. The molecule has 1 saturated heterocycles. The third kappa shape index (κ3) is 4.51. The molecule has 4 rings (SSSR count). The van der Waals surface area contributed by atoms with Crippen LogP contribution in [0.2, 0.25) is 0 Å². The van der Waals surface area contributed by atoms with Gasteiger partial charge in [-0.1, -0.05) is 24.3 Å². The van der Waals surface area contributed by atoms with E-state index in [1.165, 1.54) is 23.5 Å². The Morgan fingerprint density at radius 3 is 2.69 bits per heavy atom. The quantitative estimate of drug-likeness (QED) is 0.693. The van der Waals surface area contributed by atoms with Crippen LogP contribution in [-0.4, -0.2) is 34.8 Å². The second kappa shape index (κ2) is 8.53. The van der Waals surface area contributed by atoms with E-state index in [-0.39, 0.29) is 23.5 Å². The first-order valence-corrected chi connectivity index (χ1v) is 10.4. The molecule has 0 unspecified atom stereocenters. The number of rotatable bonds is 4. The topological polar surface area (TPSA) is 62.3 Å². The van der Waals surface area contributed by atoms with E-state index in [0.29, 0.717) is 24.5 Å². The molecule has 1 aromatic heterocycles. The van der Waals surface area contributed by atoms with Crippen molar-refractivity contribution < 1.29 is 14.0 Å². The van der Waals surface area contributed by atoms with Gasteiger partial charge in [-0.2, -0.15) is 0 Å². The van der Waals surface area contributed by atoms with Crippen molar-refractivity contribution in [3.05, 3.63) is 70.9 Å². The van der Waals surface area contributed by atoms with E-state index in [1.54, 1.807) is 34.0 Å². The third-order valence-corrected chi connectivity index (χ3v) is 5.63. The number of thiazole rings is 1. The first-order chi connectivity index (χ1) is 14.1. The first kappa shape index (κ1) is 19.3. The van der Waals surface area contributed by atoms with E-state index in [0.717, 1.165) is 24.0 Å². The number of piperidine rings is 1. The molecule has 0 saturated carbocycles. The lowest BCUT2D eigenvalue weighted by Gasteiger charge is -2.31. The van der Waals surface area contributed by atoms with Crippen molar-refractivity contribution in [3.63, 3.8) is 0 Å². The Bertz CT molecular complexity index is 1010. The van der Waals surface area contributed by atoms with Crippen LogP contribution in [0.1, 0.15) is 23.3 Å². The number of likely N-dealkylation sites (tertiary alicyclic amines) is 1. The van der Waals surface area contributed by atoms with E-state index < -0.39 is 0 Å². The van der Waals surface area contributed by atoms with Gasteiger partial charge in [0, 0.05) is 24.2 Å². The zero-order valence-corrected chi connectivity index (χ0v) is 16.5. The van der Waals surface area contributed by atoms with Gasteiger partial charge in [-0.15, -0.1) is 11.3 Å². The zero-order chi connectivity index (χ0) is 20.2. The van der Waals surface area contributed by atoms with Gasteiger partial charge in [-0.25, -0.2) is 9.37 Å². The lowest BCUT2D eigenvalue weighted by molar-refractivity contribution is -0.121. The molecule has 29 heavy (non-hydrogen) atoms. The minimum Gasteiger partial charge on any atom is -0.336 e. The number of carbonyl (C=O) groups is 2. The maximum Gasteiger partial charge on any atom is 0.273 e. The van der Waals surface area contributed by atoms with Crippen LogP contribution in [0, 0.1) is 11.7 Å². The number of nitrogens with zero attached hydrogens (tertiary/aromatic N) is 2. The molecule has 3 aromatic rings. The van der Waals surface area contributed by atoms with Gasteiger partial charge < -0.3 is 10.2 Å². The Hall–Kier alpha value is -3.06. The summed E-state index contributed by atoms with van der Waals surface area (Å²) in [5, 5.41) is 4.66. The summed E-state index contributed by atoms with van der Waals surface area (Å²) >= 11 is 1.38. The highest BCUT2D eigenvalue weighted by Crippen LogP contribution is 2.24. The fourth-order valence-electron chi connectivity index (χ4n) is 3.51. The van der Waals surface area contributed by atoms with Crippen LogP contribution < -0.4 is 5.32 Å². The third-order valence-electron chi connectivity index (χ3n) is 5.04. The molecule has 0 bridgehead atoms. The summed E-state index contributed by atoms with van der Waals surface area (Å²) in [7, 11) is 0. The van der Waals surface area contributed by atoms with E-state index in [1.807, 2.05) is 18.2 Å². The Morgan fingerprint density at radius 1 is 1.14 bits per heavy atom. The van der Waals surface area contributed by atoms with Crippen LogP contribution in [0.15, 0.2) is 59.4 Å². The Morgan fingerprint density at radius 2 is 1.97 bits per heavy atom.